The van der Waals surface area contributed by atoms with Crippen LogP contribution in [0.2, 0.25) is 0 Å². The third-order valence-electron chi connectivity index (χ3n) is 3.57. The molecule has 3 nitrogen and oxygen atoms in total. The first-order valence-electron chi connectivity index (χ1n) is 8.68. The minimum atomic E-state index is 0.952. The first kappa shape index (κ1) is 19.5. The third kappa shape index (κ3) is 11.6. The molecule has 0 aromatic heterocycles. The van der Waals surface area contributed by atoms with E-state index in [0.717, 1.165) is 45.6 Å². The molecule has 0 saturated carbocycles. The Bertz CT molecular complexity index is 459. The maximum absolute atomic E-state index is 3.45. The van der Waals surface area contributed by atoms with Crippen LogP contribution in [0.15, 0.2) is 53.6 Å². The predicted molar refractivity (Wildman–Crippen MR) is 103 cm³/mol. The molecule has 23 heavy (non-hydrogen) atoms. The van der Waals surface area contributed by atoms with E-state index in [1.807, 2.05) is 6.07 Å². The Morgan fingerprint density at radius 2 is 1.57 bits per heavy atom. The third-order valence-corrected chi connectivity index (χ3v) is 3.57. The van der Waals surface area contributed by atoms with Gasteiger partial charge in [0.25, 0.3) is 0 Å². The van der Waals surface area contributed by atoms with Crippen LogP contribution in [0.4, 0.5) is 5.69 Å². The van der Waals surface area contributed by atoms with Crippen LogP contribution < -0.4 is 16.0 Å². The second-order valence-corrected chi connectivity index (χ2v) is 6.12. The predicted octanol–water partition coefficient (Wildman–Crippen LogP) is 3.97. The number of benzene rings is 1. The minimum Gasteiger partial charge on any atom is -0.384 e. The van der Waals surface area contributed by atoms with Gasteiger partial charge in [-0.2, -0.15) is 0 Å². The average molecular weight is 316 g/mol. The van der Waals surface area contributed by atoms with E-state index in [1.165, 1.54) is 16.8 Å². The standard InChI is InChI=1S/C20H33N3/c1-18(2)8-7-9-19(3)12-13-21-14-15-22-16-17-23-20-10-5-4-6-11-20/h4-6,8,10-12,21-23H,7,9,13-17H2,1-3H3/b19-12+. The van der Waals surface area contributed by atoms with E-state index < -0.39 is 0 Å². The smallest absolute Gasteiger partial charge is 0.0340 e. The van der Waals surface area contributed by atoms with Crippen LogP contribution in [0.3, 0.4) is 0 Å². The Morgan fingerprint density at radius 1 is 0.870 bits per heavy atom. The van der Waals surface area contributed by atoms with Crippen molar-refractivity contribution in [3.8, 4) is 0 Å². The Kier molecular flexibility index (Phi) is 10.9. The van der Waals surface area contributed by atoms with Gasteiger partial charge in [-0.3, -0.25) is 0 Å². The topological polar surface area (TPSA) is 36.1 Å². The summed E-state index contributed by atoms with van der Waals surface area (Å²) in [6.07, 6.45) is 6.92. The van der Waals surface area contributed by atoms with Gasteiger partial charge in [-0.05, 0) is 45.7 Å². The fourth-order valence-electron chi connectivity index (χ4n) is 2.19. The molecule has 0 aliphatic heterocycles. The summed E-state index contributed by atoms with van der Waals surface area (Å²) in [5, 5.41) is 10.3. The molecule has 3 heteroatoms. The van der Waals surface area contributed by atoms with Crippen molar-refractivity contribution >= 4 is 5.69 Å². The highest BCUT2D eigenvalue weighted by Gasteiger charge is 1.91. The molecule has 0 bridgehead atoms. The van der Waals surface area contributed by atoms with Gasteiger partial charge in [0.2, 0.25) is 0 Å². The Labute approximate surface area is 142 Å². The second kappa shape index (κ2) is 12.9. The summed E-state index contributed by atoms with van der Waals surface area (Å²) >= 11 is 0. The number of hydrogen-bond acceptors (Lipinski definition) is 3. The molecule has 128 valence electrons. The summed E-state index contributed by atoms with van der Waals surface area (Å²) in [6.45, 7) is 11.4. The molecule has 1 aromatic carbocycles. The fourth-order valence-corrected chi connectivity index (χ4v) is 2.19. The lowest BCUT2D eigenvalue weighted by atomic mass is 10.1. The Hall–Kier alpha value is -1.58. The largest absolute Gasteiger partial charge is 0.384 e. The first-order valence-corrected chi connectivity index (χ1v) is 8.68. The lowest BCUT2D eigenvalue weighted by molar-refractivity contribution is 0.643. The van der Waals surface area contributed by atoms with E-state index in [9.17, 15) is 0 Å². The molecule has 1 aromatic rings. The lowest BCUT2D eigenvalue weighted by Gasteiger charge is -2.08. The lowest BCUT2D eigenvalue weighted by Crippen LogP contribution is -2.30. The van der Waals surface area contributed by atoms with Crippen molar-refractivity contribution in [1.82, 2.24) is 10.6 Å². The average Bonchev–Trinajstić information content (AvgIpc) is 2.54. The van der Waals surface area contributed by atoms with Gasteiger partial charge in [-0.15, -0.1) is 0 Å². The SMILES string of the molecule is CC(C)=CCC/C(C)=C/CNCCNCCNc1ccccc1. The van der Waals surface area contributed by atoms with Crippen LogP contribution in [0, 0.1) is 0 Å². The second-order valence-electron chi connectivity index (χ2n) is 6.12. The summed E-state index contributed by atoms with van der Waals surface area (Å²) < 4.78 is 0. The molecule has 0 unspecified atom stereocenters. The summed E-state index contributed by atoms with van der Waals surface area (Å²) in [7, 11) is 0. The summed E-state index contributed by atoms with van der Waals surface area (Å²) in [4.78, 5) is 0. The monoisotopic (exact) mass is 315 g/mol. The van der Waals surface area contributed by atoms with Gasteiger partial charge in [0.05, 0.1) is 0 Å². The minimum absolute atomic E-state index is 0.952. The van der Waals surface area contributed by atoms with Crippen LogP contribution >= 0.6 is 0 Å². The van der Waals surface area contributed by atoms with Crippen molar-refractivity contribution in [2.45, 2.75) is 33.6 Å². The molecule has 0 fully saturated rings. The van der Waals surface area contributed by atoms with Crippen molar-refractivity contribution in [2.75, 3.05) is 38.0 Å². The molecular weight excluding hydrogens is 282 g/mol. The molecule has 0 spiro atoms. The Morgan fingerprint density at radius 3 is 2.30 bits per heavy atom. The van der Waals surface area contributed by atoms with Crippen molar-refractivity contribution < 1.29 is 0 Å². The number of hydrogen-bond donors (Lipinski definition) is 3. The van der Waals surface area contributed by atoms with E-state index in [4.69, 9.17) is 0 Å². The van der Waals surface area contributed by atoms with Gasteiger partial charge in [0.1, 0.15) is 0 Å². The van der Waals surface area contributed by atoms with Gasteiger partial charge in [0.15, 0.2) is 0 Å². The first-order chi connectivity index (χ1) is 11.2. The number of rotatable bonds is 12. The molecule has 1 rings (SSSR count). The molecule has 0 radical (unpaired) electrons. The molecular formula is C20H33N3. The molecule has 3 N–H and O–H groups in total. The van der Waals surface area contributed by atoms with Gasteiger partial charge in [0, 0.05) is 38.4 Å². The van der Waals surface area contributed by atoms with Crippen molar-refractivity contribution in [2.24, 2.45) is 0 Å². The maximum atomic E-state index is 3.45. The molecule has 0 aliphatic carbocycles. The maximum Gasteiger partial charge on any atom is 0.0340 e. The van der Waals surface area contributed by atoms with E-state index >= 15 is 0 Å². The summed E-state index contributed by atoms with van der Waals surface area (Å²) in [5.41, 5.74) is 4.06. The Balaban J connectivity index is 1.92. The number of allylic oxidation sites excluding steroid dienone is 3. The van der Waals surface area contributed by atoms with Crippen LogP contribution in [0.1, 0.15) is 33.6 Å². The fraction of sp³-hybridized carbons (Fsp3) is 0.500. The number of para-hydroxylation sites is 1. The molecule has 0 atom stereocenters. The highest BCUT2D eigenvalue weighted by Crippen LogP contribution is 2.05. The number of nitrogens with one attached hydrogen (secondary N) is 3. The molecule has 0 amide bonds. The van der Waals surface area contributed by atoms with Gasteiger partial charge in [-0.25, -0.2) is 0 Å². The van der Waals surface area contributed by atoms with Crippen LogP contribution in [-0.4, -0.2) is 32.7 Å². The highest BCUT2D eigenvalue weighted by atomic mass is 15.0. The van der Waals surface area contributed by atoms with Crippen molar-refractivity contribution in [1.29, 1.82) is 0 Å². The normalized spacial score (nSPS) is 11.3. The van der Waals surface area contributed by atoms with E-state index in [1.54, 1.807) is 0 Å². The summed E-state index contributed by atoms with van der Waals surface area (Å²) in [6, 6.07) is 10.3. The summed E-state index contributed by atoms with van der Waals surface area (Å²) in [5.74, 6) is 0. The number of anilines is 1. The van der Waals surface area contributed by atoms with E-state index in [2.05, 4.69) is 73.1 Å². The molecule has 0 heterocycles. The molecule has 0 aliphatic rings. The van der Waals surface area contributed by atoms with Crippen LogP contribution in [-0.2, 0) is 0 Å². The van der Waals surface area contributed by atoms with Crippen molar-refractivity contribution in [3.63, 3.8) is 0 Å². The van der Waals surface area contributed by atoms with Crippen molar-refractivity contribution in [3.05, 3.63) is 53.6 Å². The van der Waals surface area contributed by atoms with Crippen LogP contribution in [0.5, 0.6) is 0 Å². The van der Waals surface area contributed by atoms with Crippen LogP contribution in [0.25, 0.3) is 0 Å². The van der Waals surface area contributed by atoms with Gasteiger partial charge in [-0.1, -0.05) is 41.5 Å². The van der Waals surface area contributed by atoms with E-state index in [-0.39, 0.29) is 0 Å². The molecule has 0 saturated heterocycles. The van der Waals surface area contributed by atoms with Gasteiger partial charge >= 0.3 is 0 Å². The van der Waals surface area contributed by atoms with E-state index in [0.29, 0.717) is 0 Å². The zero-order valence-corrected chi connectivity index (χ0v) is 15.0. The highest BCUT2D eigenvalue weighted by molar-refractivity contribution is 5.42. The quantitative estimate of drug-likeness (QED) is 0.403. The zero-order chi connectivity index (χ0) is 16.8. The zero-order valence-electron chi connectivity index (χ0n) is 15.0. The van der Waals surface area contributed by atoms with Gasteiger partial charge < -0.3 is 16.0 Å².